The van der Waals surface area contributed by atoms with E-state index in [4.69, 9.17) is 14.2 Å². The molecule has 1 amide bonds. The van der Waals surface area contributed by atoms with Gasteiger partial charge in [0.25, 0.3) is 0 Å². The first-order valence-corrected chi connectivity index (χ1v) is 9.52. The zero-order valence-electron chi connectivity index (χ0n) is 15.8. The van der Waals surface area contributed by atoms with Crippen molar-refractivity contribution < 1.29 is 19.0 Å². The predicted octanol–water partition coefficient (Wildman–Crippen LogP) is 2.21. The first-order chi connectivity index (χ1) is 12.7. The summed E-state index contributed by atoms with van der Waals surface area (Å²) in [5.74, 6) is 1.82. The molecule has 2 heterocycles. The van der Waals surface area contributed by atoms with E-state index in [1.807, 2.05) is 12.1 Å². The molecule has 2 aliphatic rings. The topological polar surface area (TPSA) is 60.0 Å². The second-order valence-electron chi connectivity index (χ2n) is 7.12. The highest BCUT2D eigenvalue weighted by molar-refractivity contribution is 5.78. The average molecular weight is 362 g/mol. The van der Waals surface area contributed by atoms with Crippen LogP contribution in [0.4, 0.5) is 0 Å². The molecule has 6 nitrogen and oxygen atoms in total. The van der Waals surface area contributed by atoms with Gasteiger partial charge in [0, 0.05) is 25.6 Å². The molecule has 2 aliphatic heterocycles. The lowest BCUT2D eigenvalue weighted by atomic mass is 9.95. The Kier molecular flexibility index (Phi) is 6.74. The van der Waals surface area contributed by atoms with Crippen LogP contribution in [0.15, 0.2) is 18.2 Å². The number of methoxy groups -OCH3 is 2. The van der Waals surface area contributed by atoms with Crippen LogP contribution in [0.1, 0.15) is 31.2 Å². The molecule has 144 valence electrons. The number of amides is 1. The summed E-state index contributed by atoms with van der Waals surface area (Å²) in [5, 5.41) is 3.07. The molecule has 1 atom stereocenters. The summed E-state index contributed by atoms with van der Waals surface area (Å²) < 4.78 is 16.2. The number of hydrogen-bond acceptors (Lipinski definition) is 5. The maximum atomic E-state index is 12.4. The number of rotatable bonds is 7. The highest BCUT2D eigenvalue weighted by atomic mass is 16.5. The smallest absolute Gasteiger partial charge is 0.223 e. The van der Waals surface area contributed by atoms with Gasteiger partial charge < -0.3 is 19.5 Å². The van der Waals surface area contributed by atoms with E-state index >= 15 is 0 Å². The first-order valence-electron chi connectivity index (χ1n) is 9.52. The van der Waals surface area contributed by atoms with Crippen LogP contribution in [0.5, 0.6) is 11.5 Å². The summed E-state index contributed by atoms with van der Waals surface area (Å²) in [5.41, 5.74) is 1.20. The van der Waals surface area contributed by atoms with Gasteiger partial charge in [0.1, 0.15) is 0 Å². The fourth-order valence-electron chi connectivity index (χ4n) is 3.75. The molecule has 0 radical (unpaired) electrons. The number of likely N-dealkylation sites (tertiary alicyclic amines) is 1. The summed E-state index contributed by atoms with van der Waals surface area (Å²) >= 11 is 0. The van der Waals surface area contributed by atoms with E-state index in [2.05, 4.69) is 16.3 Å². The number of carbonyl (C=O) groups excluding carboxylic acids is 1. The van der Waals surface area contributed by atoms with Crippen molar-refractivity contribution in [2.45, 2.75) is 38.3 Å². The van der Waals surface area contributed by atoms with E-state index in [9.17, 15) is 4.79 Å². The summed E-state index contributed by atoms with van der Waals surface area (Å²) in [4.78, 5) is 14.8. The molecule has 0 bridgehead atoms. The Morgan fingerprint density at radius 2 is 1.96 bits per heavy atom. The Morgan fingerprint density at radius 1 is 1.19 bits per heavy atom. The second kappa shape index (κ2) is 9.24. The van der Waals surface area contributed by atoms with Crippen molar-refractivity contribution in [3.63, 3.8) is 0 Å². The normalized spacial score (nSPS) is 21.5. The highest BCUT2D eigenvalue weighted by Gasteiger charge is 2.26. The number of nitrogens with zero attached hydrogens (tertiary/aromatic N) is 1. The average Bonchev–Trinajstić information content (AvgIpc) is 3.20. The van der Waals surface area contributed by atoms with E-state index < -0.39 is 0 Å². The summed E-state index contributed by atoms with van der Waals surface area (Å²) in [6, 6.07) is 6.04. The Hall–Kier alpha value is -1.79. The molecule has 2 saturated heterocycles. The Bertz CT molecular complexity index is 593. The molecule has 26 heavy (non-hydrogen) atoms. The van der Waals surface area contributed by atoms with Crippen molar-refractivity contribution in [2.75, 3.05) is 40.5 Å². The van der Waals surface area contributed by atoms with Crippen LogP contribution in [0.3, 0.4) is 0 Å². The molecule has 0 unspecified atom stereocenters. The van der Waals surface area contributed by atoms with Gasteiger partial charge in [0.2, 0.25) is 5.91 Å². The summed E-state index contributed by atoms with van der Waals surface area (Å²) in [7, 11) is 3.30. The zero-order chi connectivity index (χ0) is 18.4. The van der Waals surface area contributed by atoms with Crippen LogP contribution < -0.4 is 14.8 Å². The SMILES string of the molecule is COc1ccc(CN2CCC(C(=O)NC[C@@H]3CCCO3)CC2)cc1OC. The van der Waals surface area contributed by atoms with E-state index in [1.165, 1.54) is 5.56 Å². The van der Waals surface area contributed by atoms with E-state index in [1.54, 1.807) is 14.2 Å². The monoisotopic (exact) mass is 362 g/mol. The molecule has 2 fully saturated rings. The van der Waals surface area contributed by atoms with Gasteiger partial charge >= 0.3 is 0 Å². The van der Waals surface area contributed by atoms with E-state index in [0.29, 0.717) is 6.54 Å². The van der Waals surface area contributed by atoms with Gasteiger partial charge in [-0.2, -0.15) is 0 Å². The van der Waals surface area contributed by atoms with Crippen molar-refractivity contribution in [1.82, 2.24) is 10.2 Å². The van der Waals surface area contributed by atoms with Gasteiger partial charge in [-0.1, -0.05) is 6.07 Å². The number of ether oxygens (including phenoxy) is 3. The number of carbonyl (C=O) groups is 1. The van der Waals surface area contributed by atoms with Gasteiger partial charge in [-0.3, -0.25) is 9.69 Å². The van der Waals surface area contributed by atoms with Gasteiger partial charge in [-0.05, 0) is 56.5 Å². The molecule has 1 aromatic rings. The molecule has 0 aliphatic carbocycles. The van der Waals surface area contributed by atoms with Crippen LogP contribution in [-0.2, 0) is 16.1 Å². The molecule has 0 spiro atoms. The third-order valence-corrected chi connectivity index (χ3v) is 5.34. The van der Waals surface area contributed by atoms with Gasteiger partial charge in [0.15, 0.2) is 11.5 Å². The maximum absolute atomic E-state index is 12.4. The number of nitrogens with one attached hydrogen (secondary N) is 1. The Labute approximate surface area is 155 Å². The summed E-state index contributed by atoms with van der Waals surface area (Å²) in [6.07, 6.45) is 4.19. The molecule has 1 N–H and O–H groups in total. The third-order valence-electron chi connectivity index (χ3n) is 5.34. The first kappa shape index (κ1) is 19.0. The lowest BCUT2D eigenvalue weighted by Gasteiger charge is -2.31. The van der Waals surface area contributed by atoms with Crippen molar-refractivity contribution in [2.24, 2.45) is 5.92 Å². The standard InChI is InChI=1S/C20H30N2O4/c1-24-18-6-5-15(12-19(18)25-2)14-22-9-7-16(8-10-22)20(23)21-13-17-4-3-11-26-17/h5-6,12,16-17H,3-4,7-11,13-14H2,1-2H3,(H,21,23)/t17-/m0/s1. The van der Waals surface area contributed by atoms with Crippen LogP contribution in [0.2, 0.25) is 0 Å². The molecule has 6 heteroatoms. The van der Waals surface area contributed by atoms with Crippen LogP contribution in [-0.4, -0.2) is 57.4 Å². The van der Waals surface area contributed by atoms with Crippen molar-refractivity contribution in [3.8, 4) is 11.5 Å². The Morgan fingerprint density at radius 3 is 2.62 bits per heavy atom. The van der Waals surface area contributed by atoms with Gasteiger partial charge in [0.05, 0.1) is 20.3 Å². The number of piperidine rings is 1. The second-order valence-corrected chi connectivity index (χ2v) is 7.12. The van der Waals surface area contributed by atoms with Crippen LogP contribution >= 0.6 is 0 Å². The van der Waals surface area contributed by atoms with Crippen molar-refractivity contribution in [3.05, 3.63) is 23.8 Å². The highest BCUT2D eigenvalue weighted by Crippen LogP contribution is 2.28. The molecule has 0 aromatic heterocycles. The van der Waals surface area contributed by atoms with E-state index in [-0.39, 0.29) is 17.9 Å². The maximum Gasteiger partial charge on any atom is 0.223 e. The predicted molar refractivity (Wildman–Crippen MR) is 99.5 cm³/mol. The largest absolute Gasteiger partial charge is 0.493 e. The summed E-state index contributed by atoms with van der Waals surface area (Å²) in [6.45, 7) is 4.23. The molecule has 3 rings (SSSR count). The lowest BCUT2D eigenvalue weighted by Crippen LogP contribution is -2.42. The molecule has 0 saturated carbocycles. The molecular weight excluding hydrogens is 332 g/mol. The van der Waals surface area contributed by atoms with Crippen molar-refractivity contribution in [1.29, 1.82) is 0 Å². The minimum absolute atomic E-state index is 0.123. The zero-order valence-corrected chi connectivity index (χ0v) is 15.8. The third kappa shape index (κ3) is 4.89. The van der Waals surface area contributed by atoms with E-state index in [0.717, 1.165) is 63.4 Å². The minimum Gasteiger partial charge on any atom is -0.493 e. The minimum atomic E-state index is 0.123. The number of benzene rings is 1. The van der Waals surface area contributed by atoms with Gasteiger partial charge in [-0.25, -0.2) is 0 Å². The fraction of sp³-hybridized carbons (Fsp3) is 0.650. The Balaban J connectivity index is 1.44. The molecular formula is C20H30N2O4. The lowest BCUT2D eigenvalue weighted by molar-refractivity contribution is -0.127. The van der Waals surface area contributed by atoms with Gasteiger partial charge in [-0.15, -0.1) is 0 Å². The van der Waals surface area contributed by atoms with Crippen LogP contribution in [0.25, 0.3) is 0 Å². The number of hydrogen-bond donors (Lipinski definition) is 1. The van der Waals surface area contributed by atoms with Crippen molar-refractivity contribution >= 4 is 5.91 Å². The fourth-order valence-corrected chi connectivity index (χ4v) is 3.75. The quantitative estimate of drug-likeness (QED) is 0.806. The molecule has 1 aromatic carbocycles. The van der Waals surface area contributed by atoms with Crippen LogP contribution in [0, 0.1) is 5.92 Å².